The van der Waals surface area contributed by atoms with E-state index in [1.807, 2.05) is 0 Å². The van der Waals surface area contributed by atoms with Gasteiger partial charge in [0.25, 0.3) is 0 Å². The smallest absolute Gasteiger partial charge is 0.0436 e. The summed E-state index contributed by atoms with van der Waals surface area (Å²) in [6.45, 7) is 2.69. The average molecular weight is 391 g/mol. The number of aliphatic hydroxyl groups is 2. The summed E-state index contributed by atoms with van der Waals surface area (Å²) >= 11 is 5.68. The molecule has 0 aromatic heterocycles. The SMILES string of the molecule is CC(CCO)(CCO)CCCCCCCCCCCCCCCCCCl. The standard InChI is InChI=1S/C23H47ClO2/c1-23(18-21-25,19-22-26)17-15-13-11-9-7-5-3-2-4-6-8-10-12-14-16-20-24/h25-26H,2-22H2,1H3. The molecule has 26 heavy (non-hydrogen) atoms. The minimum atomic E-state index is 0.133. The van der Waals surface area contributed by atoms with Crippen LogP contribution in [0.25, 0.3) is 0 Å². The first-order valence-electron chi connectivity index (χ1n) is 11.5. The van der Waals surface area contributed by atoms with Crippen LogP contribution in [-0.4, -0.2) is 29.3 Å². The predicted octanol–water partition coefficient (Wildman–Crippen LogP) is 7.24. The number of halogens is 1. The fraction of sp³-hybridized carbons (Fsp3) is 1.00. The van der Waals surface area contributed by atoms with Crippen molar-refractivity contribution in [1.29, 1.82) is 0 Å². The van der Waals surface area contributed by atoms with E-state index in [1.165, 1.54) is 96.3 Å². The molecule has 2 nitrogen and oxygen atoms in total. The number of hydrogen-bond acceptors (Lipinski definition) is 2. The summed E-state index contributed by atoms with van der Waals surface area (Å²) in [5.74, 6) is 0.826. The summed E-state index contributed by atoms with van der Waals surface area (Å²) in [7, 11) is 0. The van der Waals surface area contributed by atoms with Crippen molar-refractivity contribution in [1.82, 2.24) is 0 Å². The summed E-state index contributed by atoms with van der Waals surface area (Å²) in [6, 6.07) is 0. The maximum atomic E-state index is 9.18. The third kappa shape index (κ3) is 17.6. The van der Waals surface area contributed by atoms with Gasteiger partial charge in [0, 0.05) is 19.1 Å². The molecule has 0 aliphatic rings. The van der Waals surface area contributed by atoms with Crippen LogP contribution in [0.5, 0.6) is 0 Å². The van der Waals surface area contributed by atoms with Gasteiger partial charge in [0.2, 0.25) is 0 Å². The summed E-state index contributed by atoms with van der Waals surface area (Å²) in [5, 5.41) is 18.4. The maximum Gasteiger partial charge on any atom is 0.0436 e. The van der Waals surface area contributed by atoms with Gasteiger partial charge in [-0.2, -0.15) is 0 Å². The van der Waals surface area contributed by atoms with Crippen LogP contribution in [0, 0.1) is 5.41 Å². The molecule has 0 bridgehead atoms. The second-order valence-electron chi connectivity index (χ2n) is 8.50. The van der Waals surface area contributed by atoms with Crippen LogP contribution in [0.3, 0.4) is 0 Å². The van der Waals surface area contributed by atoms with Crippen molar-refractivity contribution in [3.63, 3.8) is 0 Å². The van der Waals surface area contributed by atoms with Gasteiger partial charge >= 0.3 is 0 Å². The highest BCUT2D eigenvalue weighted by Gasteiger charge is 2.22. The highest BCUT2D eigenvalue weighted by atomic mass is 35.5. The molecule has 0 heterocycles. The zero-order chi connectivity index (χ0) is 19.3. The van der Waals surface area contributed by atoms with Gasteiger partial charge in [0.15, 0.2) is 0 Å². The van der Waals surface area contributed by atoms with Crippen molar-refractivity contribution in [2.45, 2.75) is 122 Å². The average Bonchev–Trinajstić information content (AvgIpc) is 2.62. The van der Waals surface area contributed by atoms with E-state index in [1.54, 1.807) is 0 Å². The molecule has 0 radical (unpaired) electrons. The Labute approximate surface area is 169 Å². The van der Waals surface area contributed by atoms with Crippen LogP contribution >= 0.6 is 11.6 Å². The van der Waals surface area contributed by atoms with Gasteiger partial charge in [-0.3, -0.25) is 0 Å². The van der Waals surface area contributed by atoms with Gasteiger partial charge in [-0.25, -0.2) is 0 Å². The van der Waals surface area contributed by atoms with E-state index in [0.29, 0.717) is 0 Å². The van der Waals surface area contributed by atoms with Crippen molar-refractivity contribution in [2.75, 3.05) is 19.1 Å². The van der Waals surface area contributed by atoms with Crippen LogP contribution in [0.1, 0.15) is 122 Å². The van der Waals surface area contributed by atoms with E-state index in [-0.39, 0.29) is 18.6 Å². The molecule has 3 heteroatoms. The molecule has 0 spiro atoms. The lowest BCUT2D eigenvalue weighted by atomic mass is 9.79. The minimum Gasteiger partial charge on any atom is -0.396 e. The predicted molar refractivity (Wildman–Crippen MR) is 116 cm³/mol. The lowest BCUT2D eigenvalue weighted by Gasteiger charge is -2.28. The second kappa shape index (κ2) is 20.0. The van der Waals surface area contributed by atoms with Crippen LogP contribution in [0.4, 0.5) is 0 Å². The fourth-order valence-corrected chi connectivity index (χ4v) is 4.05. The summed E-state index contributed by atoms with van der Waals surface area (Å²) < 4.78 is 0. The topological polar surface area (TPSA) is 40.5 Å². The zero-order valence-corrected chi connectivity index (χ0v) is 18.4. The minimum absolute atomic E-state index is 0.133. The Morgan fingerprint density at radius 2 is 0.808 bits per heavy atom. The first-order valence-corrected chi connectivity index (χ1v) is 12.0. The largest absolute Gasteiger partial charge is 0.396 e. The molecule has 0 fully saturated rings. The Hall–Kier alpha value is 0.210. The molecule has 0 aliphatic heterocycles. The molecule has 0 aliphatic carbocycles. The van der Waals surface area contributed by atoms with Gasteiger partial charge in [0.05, 0.1) is 0 Å². The van der Waals surface area contributed by atoms with Crippen LogP contribution in [0.2, 0.25) is 0 Å². The van der Waals surface area contributed by atoms with Crippen molar-refractivity contribution in [2.24, 2.45) is 5.41 Å². The van der Waals surface area contributed by atoms with Gasteiger partial charge < -0.3 is 10.2 Å². The van der Waals surface area contributed by atoms with E-state index in [4.69, 9.17) is 11.6 Å². The molecular weight excluding hydrogens is 344 g/mol. The molecular formula is C23H47ClO2. The Balaban J connectivity index is 3.26. The van der Waals surface area contributed by atoms with Crippen molar-refractivity contribution in [3.8, 4) is 0 Å². The summed E-state index contributed by atoms with van der Waals surface area (Å²) in [5.41, 5.74) is 0.133. The van der Waals surface area contributed by atoms with E-state index in [2.05, 4.69) is 6.92 Å². The molecule has 0 aromatic rings. The fourth-order valence-electron chi connectivity index (χ4n) is 3.86. The third-order valence-corrected chi connectivity index (χ3v) is 6.11. The Bertz CT molecular complexity index is 265. The second-order valence-corrected chi connectivity index (χ2v) is 8.88. The zero-order valence-electron chi connectivity index (χ0n) is 17.6. The molecule has 0 unspecified atom stereocenters. The number of alkyl halides is 1. The molecule has 0 rings (SSSR count). The number of rotatable bonds is 21. The molecule has 0 aromatic carbocycles. The Morgan fingerprint density at radius 3 is 1.12 bits per heavy atom. The van der Waals surface area contributed by atoms with Crippen LogP contribution in [0.15, 0.2) is 0 Å². The lowest BCUT2D eigenvalue weighted by molar-refractivity contribution is 0.137. The normalized spacial score (nSPS) is 12.0. The molecule has 0 amide bonds. The summed E-state index contributed by atoms with van der Waals surface area (Å²) in [6.07, 6.45) is 23.2. The highest BCUT2D eigenvalue weighted by molar-refractivity contribution is 6.17. The monoisotopic (exact) mass is 390 g/mol. The Morgan fingerprint density at radius 1 is 0.500 bits per heavy atom. The van der Waals surface area contributed by atoms with Crippen LogP contribution in [-0.2, 0) is 0 Å². The summed E-state index contributed by atoms with van der Waals surface area (Å²) in [4.78, 5) is 0. The van der Waals surface area contributed by atoms with Gasteiger partial charge in [-0.1, -0.05) is 96.8 Å². The van der Waals surface area contributed by atoms with E-state index in [9.17, 15) is 10.2 Å². The lowest BCUT2D eigenvalue weighted by Crippen LogP contribution is -2.19. The molecule has 2 N–H and O–H groups in total. The Kier molecular flexibility index (Phi) is 20.1. The molecule has 0 saturated carbocycles. The van der Waals surface area contributed by atoms with E-state index >= 15 is 0 Å². The van der Waals surface area contributed by atoms with Crippen molar-refractivity contribution < 1.29 is 10.2 Å². The third-order valence-electron chi connectivity index (χ3n) is 5.84. The number of unbranched alkanes of at least 4 members (excludes halogenated alkanes) is 14. The molecule has 0 atom stereocenters. The number of aliphatic hydroxyl groups excluding tert-OH is 2. The first-order chi connectivity index (χ1) is 12.7. The highest BCUT2D eigenvalue weighted by Crippen LogP contribution is 2.32. The molecule has 0 saturated heterocycles. The van der Waals surface area contributed by atoms with Crippen molar-refractivity contribution >= 4 is 11.6 Å². The molecule has 158 valence electrons. The van der Waals surface area contributed by atoms with Gasteiger partial charge in [-0.05, 0) is 31.1 Å². The maximum absolute atomic E-state index is 9.18. The van der Waals surface area contributed by atoms with Gasteiger partial charge in [0.1, 0.15) is 0 Å². The quantitative estimate of drug-likeness (QED) is 0.160. The van der Waals surface area contributed by atoms with E-state index in [0.717, 1.165) is 25.1 Å². The van der Waals surface area contributed by atoms with E-state index < -0.39 is 0 Å². The number of hydrogen-bond donors (Lipinski definition) is 2. The first kappa shape index (κ1) is 26.2. The van der Waals surface area contributed by atoms with Crippen LogP contribution < -0.4 is 0 Å². The van der Waals surface area contributed by atoms with Gasteiger partial charge in [-0.15, -0.1) is 11.6 Å². The van der Waals surface area contributed by atoms with Crippen molar-refractivity contribution in [3.05, 3.63) is 0 Å².